The molecule has 23 heavy (non-hydrogen) atoms. The number of hydrogen-bond acceptors (Lipinski definition) is 0. The number of hydrogen-bond donors (Lipinski definition) is 0. The fraction of sp³-hybridized carbons (Fsp3) is 0. The number of allylic oxidation sites excluding steroid dienone is 4. The van der Waals surface area contributed by atoms with Crippen molar-refractivity contribution in [2.24, 2.45) is 0 Å². The van der Waals surface area contributed by atoms with E-state index in [1.807, 2.05) is 0 Å². The zero-order valence-electron chi connectivity index (χ0n) is 12.3. The van der Waals surface area contributed by atoms with Crippen LogP contribution in [0.25, 0.3) is 0 Å². The van der Waals surface area contributed by atoms with Gasteiger partial charge in [-0.3, -0.25) is 0 Å². The molecule has 4 rings (SSSR count). The van der Waals surface area contributed by atoms with Crippen LogP contribution in [-0.2, 0) is 30.4 Å². The number of benzene rings is 1. The second-order valence-corrected chi connectivity index (χ2v) is 4.31. The molecular formula is C20H14O2W+2. The monoisotopic (exact) mass is 470 g/mol. The molecule has 0 heterocycles. The Morgan fingerprint density at radius 3 is 1.43 bits per heavy atom. The average Bonchev–Trinajstić information content (AvgIpc) is 3.28. The van der Waals surface area contributed by atoms with Crippen LogP contribution in [0.15, 0.2) is 48.6 Å². The smallest absolute Gasteiger partial charge is 0.0762 e. The Hall–Kier alpha value is -1.13. The number of rotatable bonds is 0. The van der Waals surface area contributed by atoms with Crippen molar-refractivity contribution in [3.63, 3.8) is 0 Å². The Morgan fingerprint density at radius 1 is 0.609 bits per heavy atom. The predicted molar refractivity (Wildman–Crippen MR) is 83.1 cm³/mol. The Balaban J connectivity index is 0.000000335. The first-order chi connectivity index (χ1) is 10.9. The van der Waals surface area contributed by atoms with Gasteiger partial charge in [0.2, 0.25) is 0 Å². The van der Waals surface area contributed by atoms with Gasteiger partial charge in [-0.05, 0) is 49.7 Å². The molecule has 1 saturated carbocycles. The minimum absolute atomic E-state index is 0. The number of fused-ring (bicyclic) bond motifs is 2. The van der Waals surface area contributed by atoms with E-state index in [1.54, 1.807) is 0 Å². The Bertz CT molecular complexity index is 496. The Morgan fingerprint density at radius 2 is 1.00 bits per heavy atom. The summed E-state index contributed by atoms with van der Waals surface area (Å²) in [5.74, 6) is 2.66. The average molecular weight is 470 g/mol. The third-order valence-corrected chi connectivity index (χ3v) is 3.10. The second-order valence-electron chi connectivity index (χ2n) is 4.31. The van der Waals surface area contributed by atoms with Crippen LogP contribution in [0.3, 0.4) is 0 Å². The molecule has 3 aliphatic carbocycles. The van der Waals surface area contributed by atoms with Crippen LogP contribution in [0, 0.1) is 63.7 Å². The molecule has 0 spiro atoms. The molecule has 1 aromatic carbocycles. The van der Waals surface area contributed by atoms with Gasteiger partial charge in [0.05, 0.1) is 0 Å². The molecular weight excluding hydrogens is 456 g/mol. The van der Waals surface area contributed by atoms with Crippen molar-refractivity contribution in [3.8, 4) is 0 Å². The molecule has 8 radical (unpaired) electrons. The van der Waals surface area contributed by atoms with Gasteiger partial charge in [-0.2, -0.15) is 0 Å². The summed E-state index contributed by atoms with van der Waals surface area (Å²) < 4.78 is 15.0. The SMILES string of the molecule is [C-]#[O+].[C-]#[O+].[CH]1[CH][C]2C=CC=C[C]2[CH]1.[CH]1[CH]c2ccccc2[CH]1.[W+2]. The van der Waals surface area contributed by atoms with Gasteiger partial charge in [-0.25, -0.2) is 0 Å². The van der Waals surface area contributed by atoms with E-state index >= 15 is 0 Å². The van der Waals surface area contributed by atoms with Gasteiger partial charge >= 0.3 is 43.7 Å². The Labute approximate surface area is 153 Å². The van der Waals surface area contributed by atoms with Gasteiger partial charge < -0.3 is 0 Å². The maximum absolute atomic E-state index is 7.50. The molecule has 0 aliphatic heterocycles. The molecule has 0 unspecified atom stereocenters. The van der Waals surface area contributed by atoms with Crippen LogP contribution in [-0.4, -0.2) is 0 Å². The fourth-order valence-electron chi connectivity index (χ4n) is 2.14. The van der Waals surface area contributed by atoms with Gasteiger partial charge in [0.15, 0.2) is 0 Å². The van der Waals surface area contributed by atoms with E-state index in [9.17, 15) is 0 Å². The van der Waals surface area contributed by atoms with E-state index in [-0.39, 0.29) is 21.1 Å². The van der Waals surface area contributed by atoms with Gasteiger partial charge in [0.1, 0.15) is 0 Å². The molecule has 0 saturated heterocycles. The molecule has 3 aliphatic rings. The first kappa shape index (κ1) is 21.9. The zero-order valence-corrected chi connectivity index (χ0v) is 15.2. The van der Waals surface area contributed by atoms with Crippen molar-refractivity contribution >= 4 is 0 Å². The van der Waals surface area contributed by atoms with Crippen molar-refractivity contribution in [3.05, 3.63) is 123 Å². The predicted octanol–water partition coefficient (Wildman–Crippen LogP) is 3.82. The normalized spacial score (nSPS) is 16.9. The van der Waals surface area contributed by atoms with E-state index < -0.39 is 0 Å². The minimum Gasteiger partial charge on any atom is -0.0762 e. The van der Waals surface area contributed by atoms with E-state index in [2.05, 4.69) is 100 Å². The van der Waals surface area contributed by atoms with Gasteiger partial charge in [0.25, 0.3) is 0 Å². The van der Waals surface area contributed by atoms with Crippen LogP contribution in [0.4, 0.5) is 0 Å². The molecule has 2 nitrogen and oxygen atoms in total. The van der Waals surface area contributed by atoms with Crippen molar-refractivity contribution < 1.29 is 30.4 Å². The van der Waals surface area contributed by atoms with Crippen molar-refractivity contribution in [2.45, 2.75) is 0 Å². The third kappa shape index (κ3) is 6.88. The molecule has 3 heteroatoms. The van der Waals surface area contributed by atoms with E-state index in [4.69, 9.17) is 9.30 Å². The second kappa shape index (κ2) is 13.3. The third-order valence-electron chi connectivity index (χ3n) is 3.10. The molecule has 0 aromatic heterocycles. The summed E-state index contributed by atoms with van der Waals surface area (Å²) in [6, 6.07) is 8.36. The van der Waals surface area contributed by atoms with Crippen LogP contribution >= 0.6 is 0 Å². The summed E-state index contributed by atoms with van der Waals surface area (Å²) in [6.45, 7) is 9.00. The molecule has 0 N–H and O–H groups in total. The topological polar surface area (TPSA) is 39.8 Å². The quantitative estimate of drug-likeness (QED) is 0.409. The van der Waals surface area contributed by atoms with Crippen molar-refractivity contribution in [2.75, 3.05) is 0 Å². The summed E-state index contributed by atoms with van der Waals surface area (Å²) in [6.07, 6.45) is 21.0. The van der Waals surface area contributed by atoms with Crippen molar-refractivity contribution in [1.82, 2.24) is 0 Å². The summed E-state index contributed by atoms with van der Waals surface area (Å²) in [7, 11) is 0. The van der Waals surface area contributed by atoms with E-state index in [0.29, 0.717) is 0 Å². The fourth-order valence-corrected chi connectivity index (χ4v) is 2.14. The summed E-state index contributed by atoms with van der Waals surface area (Å²) in [5.41, 5.74) is 2.66. The molecule has 0 atom stereocenters. The van der Waals surface area contributed by atoms with Crippen LogP contribution in [0.1, 0.15) is 11.1 Å². The van der Waals surface area contributed by atoms with Crippen LogP contribution in [0.5, 0.6) is 0 Å². The molecule has 0 bridgehead atoms. The summed E-state index contributed by atoms with van der Waals surface area (Å²) in [5, 5.41) is 0. The molecule has 0 amide bonds. The molecule has 1 aromatic rings. The van der Waals surface area contributed by atoms with Gasteiger partial charge in [-0.15, -0.1) is 0 Å². The minimum atomic E-state index is 0. The maximum Gasteiger partial charge on any atom is 2.00 e. The zero-order chi connectivity index (χ0) is 16.2. The van der Waals surface area contributed by atoms with Gasteiger partial charge in [0, 0.05) is 11.8 Å². The standard InChI is InChI=1S/2C9H7.2CO.W/c2*1-2-5-9-7-3-6-8(9)4-1;2*1-2;/h2*1-7H;;;/q;;;;+2. The summed E-state index contributed by atoms with van der Waals surface area (Å²) in [4.78, 5) is 0. The van der Waals surface area contributed by atoms with Crippen molar-refractivity contribution in [1.29, 1.82) is 0 Å². The largest absolute Gasteiger partial charge is 2.00 e. The molecule has 1 fully saturated rings. The van der Waals surface area contributed by atoms with Crippen LogP contribution < -0.4 is 0 Å². The Kier molecular flexibility index (Phi) is 12.7. The summed E-state index contributed by atoms with van der Waals surface area (Å²) >= 11 is 0. The van der Waals surface area contributed by atoms with Crippen LogP contribution in [0.2, 0.25) is 0 Å². The van der Waals surface area contributed by atoms with E-state index in [0.717, 1.165) is 0 Å². The van der Waals surface area contributed by atoms with Gasteiger partial charge in [-0.1, -0.05) is 48.6 Å². The van der Waals surface area contributed by atoms with E-state index in [1.165, 1.54) is 23.0 Å². The first-order valence-electron chi connectivity index (χ1n) is 6.55. The maximum atomic E-state index is 7.50. The first-order valence-corrected chi connectivity index (χ1v) is 6.55. The molecule has 110 valence electrons.